The molecule has 2 saturated heterocycles. The zero-order valence-corrected chi connectivity index (χ0v) is 18.5. The Labute approximate surface area is 179 Å². The van der Waals surface area contributed by atoms with E-state index in [0.29, 0.717) is 18.6 Å². The molecule has 5 nitrogen and oxygen atoms in total. The smallest absolute Gasteiger partial charge is 0.254 e. The number of aliphatic hydroxyl groups excluding tert-OH is 1. The minimum absolute atomic E-state index is 0.254. The lowest BCUT2D eigenvalue weighted by Crippen LogP contribution is -2.49. The number of carbonyl (C=O) groups excluding carboxylic acids is 2. The standard InChI is InChI=1S/C20H28N2O2S.C3H8O/c23-14-21-10-7-16(8-11-21)19-12-17(13-25-19)20(24)22-9-3-5-15-4-1-2-6-18(15)22;1-2-3-4/h12-16,18H,1-11H2;4H,2-3H2,1H3. The van der Waals surface area contributed by atoms with Gasteiger partial charge in [-0.25, -0.2) is 0 Å². The molecule has 1 aliphatic carbocycles. The van der Waals surface area contributed by atoms with Crippen molar-refractivity contribution in [1.82, 2.24) is 9.80 Å². The fraction of sp³-hybridized carbons (Fsp3) is 0.739. The number of likely N-dealkylation sites (tertiary alicyclic amines) is 2. The Morgan fingerprint density at radius 2 is 1.83 bits per heavy atom. The first-order chi connectivity index (χ1) is 14.2. The molecule has 1 N–H and O–H groups in total. The maximum atomic E-state index is 13.1. The molecule has 1 aromatic rings. The molecule has 0 spiro atoms. The highest BCUT2D eigenvalue weighted by Gasteiger charge is 2.36. The van der Waals surface area contributed by atoms with Crippen LogP contribution in [0, 0.1) is 5.92 Å². The third kappa shape index (κ3) is 5.60. The number of fused-ring (bicyclic) bond motifs is 1. The predicted octanol–water partition coefficient (Wildman–Crippen LogP) is 4.27. The molecule has 3 aliphatic rings. The van der Waals surface area contributed by atoms with Crippen molar-refractivity contribution in [2.24, 2.45) is 5.92 Å². The SMILES string of the molecule is CCCO.O=CN1CCC(c2cc(C(=O)N3CCCC4CCCCC43)cs2)CC1. The van der Waals surface area contributed by atoms with Gasteiger partial charge in [0.05, 0.1) is 5.56 Å². The summed E-state index contributed by atoms with van der Waals surface area (Å²) in [5.41, 5.74) is 0.893. The monoisotopic (exact) mass is 420 g/mol. The molecule has 3 fully saturated rings. The van der Waals surface area contributed by atoms with Gasteiger partial charge in [-0.15, -0.1) is 11.3 Å². The molecular weight excluding hydrogens is 384 g/mol. The summed E-state index contributed by atoms with van der Waals surface area (Å²) >= 11 is 1.73. The number of aliphatic hydroxyl groups is 1. The average molecular weight is 421 g/mol. The van der Waals surface area contributed by atoms with Gasteiger partial charge in [0.1, 0.15) is 0 Å². The molecule has 3 heterocycles. The van der Waals surface area contributed by atoms with E-state index < -0.39 is 0 Å². The number of thiophene rings is 1. The maximum absolute atomic E-state index is 13.1. The van der Waals surface area contributed by atoms with E-state index in [4.69, 9.17) is 5.11 Å². The van der Waals surface area contributed by atoms with Crippen LogP contribution in [0.1, 0.15) is 85.9 Å². The number of hydrogen-bond donors (Lipinski definition) is 1. The Morgan fingerprint density at radius 3 is 2.52 bits per heavy atom. The first kappa shape index (κ1) is 22.3. The second-order valence-electron chi connectivity index (χ2n) is 8.63. The van der Waals surface area contributed by atoms with E-state index in [0.717, 1.165) is 63.2 Å². The van der Waals surface area contributed by atoms with Crippen molar-refractivity contribution >= 4 is 23.7 Å². The lowest BCUT2D eigenvalue weighted by Gasteiger charge is -2.44. The fourth-order valence-corrected chi connectivity index (χ4v) is 6.07. The first-order valence-electron chi connectivity index (χ1n) is 11.4. The Kier molecular flexibility index (Phi) is 8.54. The van der Waals surface area contributed by atoms with Crippen molar-refractivity contribution in [3.63, 3.8) is 0 Å². The molecule has 2 aliphatic heterocycles. The molecule has 2 atom stereocenters. The van der Waals surface area contributed by atoms with Gasteiger partial charge in [0.15, 0.2) is 0 Å². The van der Waals surface area contributed by atoms with E-state index >= 15 is 0 Å². The van der Waals surface area contributed by atoms with Crippen molar-refractivity contribution in [3.8, 4) is 0 Å². The molecule has 2 unspecified atom stereocenters. The van der Waals surface area contributed by atoms with Crippen LogP contribution in [0.3, 0.4) is 0 Å². The summed E-state index contributed by atoms with van der Waals surface area (Å²) in [5.74, 6) is 1.49. The summed E-state index contributed by atoms with van der Waals surface area (Å²) in [6, 6.07) is 2.62. The van der Waals surface area contributed by atoms with Gasteiger partial charge < -0.3 is 14.9 Å². The normalized spacial score (nSPS) is 25.0. The van der Waals surface area contributed by atoms with Crippen LogP contribution >= 0.6 is 11.3 Å². The Hall–Kier alpha value is -1.40. The summed E-state index contributed by atoms with van der Waals surface area (Å²) < 4.78 is 0. The topological polar surface area (TPSA) is 60.9 Å². The van der Waals surface area contributed by atoms with Crippen molar-refractivity contribution < 1.29 is 14.7 Å². The second kappa shape index (κ2) is 11.1. The van der Waals surface area contributed by atoms with Gasteiger partial charge >= 0.3 is 0 Å². The fourth-order valence-electron chi connectivity index (χ4n) is 5.01. The average Bonchev–Trinajstić information content (AvgIpc) is 3.29. The van der Waals surface area contributed by atoms with Crippen molar-refractivity contribution in [2.75, 3.05) is 26.2 Å². The summed E-state index contributed by atoms with van der Waals surface area (Å²) in [7, 11) is 0. The van der Waals surface area contributed by atoms with E-state index in [9.17, 15) is 9.59 Å². The highest BCUT2D eigenvalue weighted by molar-refractivity contribution is 7.10. The molecule has 29 heavy (non-hydrogen) atoms. The minimum Gasteiger partial charge on any atom is -0.396 e. The van der Waals surface area contributed by atoms with E-state index in [-0.39, 0.29) is 5.91 Å². The molecule has 0 bridgehead atoms. The number of carbonyl (C=O) groups is 2. The molecule has 6 heteroatoms. The van der Waals surface area contributed by atoms with E-state index in [1.807, 2.05) is 11.8 Å². The van der Waals surface area contributed by atoms with Crippen LogP contribution in [0.25, 0.3) is 0 Å². The quantitative estimate of drug-likeness (QED) is 0.740. The van der Waals surface area contributed by atoms with Crippen LogP contribution < -0.4 is 0 Å². The zero-order valence-electron chi connectivity index (χ0n) is 17.7. The van der Waals surface area contributed by atoms with E-state index in [2.05, 4.69) is 16.3 Å². The van der Waals surface area contributed by atoms with Crippen LogP contribution in [-0.2, 0) is 4.79 Å². The maximum Gasteiger partial charge on any atom is 0.254 e. The van der Waals surface area contributed by atoms with Crippen molar-refractivity contribution in [2.45, 2.75) is 76.7 Å². The summed E-state index contributed by atoms with van der Waals surface area (Å²) in [6.07, 6.45) is 11.4. The van der Waals surface area contributed by atoms with Crippen molar-refractivity contribution in [1.29, 1.82) is 0 Å². The van der Waals surface area contributed by atoms with Gasteiger partial charge in [0, 0.05) is 42.5 Å². The molecule has 1 aromatic heterocycles. The van der Waals surface area contributed by atoms with Crippen LogP contribution in [0.2, 0.25) is 0 Å². The largest absolute Gasteiger partial charge is 0.396 e. The Bertz CT molecular complexity index is 650. The lowest BCUT2D eigenvalue weighted by atomic mass is 9.78. The highest BCUT2D eigenvalue weighted by atomic mass is 32.1. The number of nitrogens with zero attached hydrogens (tertiary/aromatic N) is 2. The van der Waals surface area contributed by atoms with Gasteiger partial charge in [0.25, 0.3) is 5.91 Å². The van der Waals surface area contributed by atoms with Crippen LogP contribution in [0.4, 0.5) is 0 Å². The third-order valence-corrected chi connectivity index (χ3v) is 7.77. The van der Waals surface area contributed by atoms with Crippen molar-refractivity contribution in [3.05, 3.63) is 21.9 Å². The van der Waals surface area contributed by atoms with Gasteiger partial charge in [-0.2, -0.15) is 0 Å². The molecule has 4 rings (SSSR count). The predicted molar refractivity (Wildman–Crippen MR) is 117 cm³/mol. The number of hydrogen-bond acceptors (Lipinski definition) is 4. The number of piperidine rings is 2. The molecule has 162 valence electrons. The summed E-state index contributed by atoms with van der Waals surface area (Å²) in [6.45, 7) is 4.86. The van der Waals surface area contributed by atoms with Gasteiger partial charge in [-0.05, 0) is 62.8 Å². The van der Waals surface area contributed by atoms with Gasteiger partial charge in [-0.3, -0.25) is 9.59 Å². The molecule has 0 aromatic carbocycles. The van der Waals surface area contributed by atoms with Gasteiger partial charge in [-0.1, -0.05) is 19.8 Å². The molecule has 0 radical (unpaired) electrons. The Morgan fingerprint density at radius 1 is 1.14 bits per heavy atom. The van der Waals surface area contributed by atoms with Crippen LogP contribution in [0.15, 0.2) is 11.4 Å². The van der Waals surface area contributed by atoms with Crippen LogP contribution in [0.5, 0.6) is 0 Å². The third-order valence-electron chi connectivity index (χ3n) is 6.68. The number of rotatable bonds is 4. The highest BCUT2D eigenvalue weighted by Crippen LogP contribution is 2.37. The van der Waals surface area contributed by atoms with E-state index in [1.54, 1.807) is 11.3 Å². The Balaban J connectivity index is 0.000000552. The molecular formula is C23H36N2O3S. The zero-order chi connectivity index (χ0) is 20.6. The lowest BCUT2D eigenvalue weighted by molar-refractivity contribution is -0.119. The minimum atomic E-state index is 0.254. The second-order valence-corrected chi connectivity index (χ2v) is 9.57. The first-order valence-corrected chi connectivity index (χ1v) is 12.3. The summed E-state index contributed by atoms with van der Waals surface area (Å²) in [4.78, 5) is 29.4. The molecule has 1 saturated carbocycles. The van der Waals surface area contributed by atoms with E-state index in [1.165, 1.54) is 37.0 Å². The summed E-state index contributed by atoms with van der Waals surface area (Å²) in [5, 5.41) is 9.94. The number of amides is 2. The van der Waals surface area contributed by atoms with Crippen LogP contribution in [-0.4, -0.2) is 59.5 Å². The molecule has 2 amide bonds. The van der Waals surface area contributed by atoms with Gasteiger partial charge in [0.2, 0.25) is 6.41 Å².